The molecule has 0 bridgehead atoms. The molecule has 0 saturated carbocycles. The number of imidazole rings is 1. The lowest BCUT2D eigenvalue weighted by Crippen LogP contribution is -2.06. The minimum absolute atomic E-state index is 0.104. The lowest BCUT2D eigenvalue weighted by Gasteiger charge is -2.14. The summed E-state index contributed by atoms with van der Waals surface area (Å²) < 4.78 is 2.11. The average Bonchev–Trinajstić information content (AvgIpc) is 2.96. The van der Waals surface area contributed by atoms with E-state index in [2.05, 4.69) is 65.9 Å². The van der Waals surface area contributed by atoms with Crippen molar-refractivity contribution in [1.29, 1.82) is 0 Å². The van der Waals surface area contributed by atoms with Gasteiger partial charge in [-0.3, -0.25) is 4.79 Å². The van der Waals surface area contributed by atoms with E-state index in [0.717, 1.165) is 40.4 Å². The summed E-state index contributed by atoms with van der Waals surface area (Å²) in [6.45, 7) is 9.10. The molecule has 0 saturated heterocycles. The third kappa shape index (κ3) is 3.20. The van der Waals surface area contributed by atoms with E-state index < -0.39 is 0 Å². The van der Waals surface area contributed by atoms with Crippen LogP contribution in [0.15, 0.2) is 53.6 Å². The smallest absolute Gasteiger partial charge is 0.247 e. The van der Waals surface area contributed by atoms with Gasteiger partial charge in [-0.1, -0.05) is 18.2 Å². The van der Waals surface area contributed by atoms with Crippen molar-refractivity contribution in [3.8, 4) is 11.1 Å². The van der Waals surface area contributed by atoms with E-state index in [1.807, 2.05) is 13.0 Å². The van der Waals surface area contributed by atoms with Crippen molar-refractivity contribution in [3.05, 3.63) is 87.2 Å². The summed E-state index contributed by atoms with van der Waals surface area (Å²) in [7, 11) is 0. The van der Waals surface area contributed by atoms with E-state index in [-0.39, 0.29) is 5.56 Å². The molecule has 0 amide bonds. The topological polar surface area (TPSA) is 62.2 Å². The molecule has 28 heavy (non-hydrogen) atoms. The van der Waals surface area contributed by atoms with Gasteiger partial charge in [0, 0.05) is 36.3 Å². The molecule has 1 aromatic carbocycles. The van der Waals surface area contributed by atoms with Crippen LogP contribution in [0.5, 0.6) is 0 Å². The number of nitrogens with one attached hydrogen (secondary N) is 2. The van der Waals surface area contributed by atoms with Crippen LogP contribution in [0.3, 0.4) is 0 Å². The summed E-state index contributed by atoms with van der Waals surface area (Å²) in [4.78, 5) is 18.9. The minimum Gasteiger partial charge on any atom is -0.378 e. The zero-order chi connectivity index (χ0) is 19.8. The van der Waals surface area contributed by atoms with Crippen molar-refractivity contribution in [1.82, 2.24) is 14.4 Å². The first-order chi connectivity index (χ1) is 13.4. The quantitative estimate of drug-likeness (QED) is 0.553. The first-order valence-corrected chi connectivity index (χ1v) is 9.41. The van der Waals surface area contributed by atoms with E-state index in [9.17, 15) is 4.79 Å². The standard InChI is InChI=1S/C23H24N4O/c1-14-6-5-7-15(2)20(14)12-24-21-10-19(18-8-9-22(28)25-11-18)13-27-17(4)16(3)26-23(21)27/h5-11,13,24H,12H2,1-4H3,(H,25,28). The largest absolute Gasteiger partial charge is 0.378 e. The van der Waals surface area contributed by atoms with Crippen LogP contribution in [0.25, 0.3) is 16.8 Å². The molecule has 5 heteroatoms. The summed E-state index contributed by atoms with van der Waals surface area (Å²) in [5.41, 5.74) is 9.73. The molecular formula is C23H24N4O. The van der Waals surface area contributed by atoms with Crippen molar-refractivity contribution in [2.45, 2.75) is 34.2 Å². The van der Waals surface area contributed by atoms with Crippen LogP contribution in [0, 0.1) is 27.7 Å². The number of aromatic nitrogens is 3. The molecular weight excluding hydrogens is 348 g/mol. The molecule has 0 aliphatic rings. The average molecular weight is 372 g/mol. The van der Waals surface area contributed by atoms with Crippen LogP contribution in [-0.2, 0) is 6.54 Å². The van der Waals surface area contributed by atoms with E-state index >= 15 is 0 Å². The summed E-state index contributed by atoms with van der Waals surface area (Å²) >= 11 is 0. The van der Waals surface area contributed by atoms with Crippen LogP contribution < -0.4 is 10.9 Å². The summed E-state index contributed by atoms with van der Waals surface area (Å²) in [6.07, 6.45) is 3.82. The zero-order valence-corrected chi connectivity index (χ0v) is 16.6. The Morgan fingerprint density at radius 1 is 1.04 bits per heavy atom. The Balaban J connectivity index is 1.81. The molecule has 3 heterocycles. The van der Waals surface area contributed by atoms with Gasteiger partial charge >= 0.3 is 0 Å². The molecule has 5 nitrogen and oxygen atoms in total. The predicted molar refractivity (Wildman–Crippen MR) is 114 cm³/mol. The molecule has 0 radical (unpaired) electrons. The van der Waals surface area contributed by atoms with Crippen LogP contribution >= 0.6 is 0 Å². The fraction of sp³-hybridized carbons (Fsp3) is 0.217. The first kappa shape index (κ1) is 18.0. The van der Waals surface area contributed by atoms with Gasteiger partial charge in [0.25, 0.3) is 0 Å². The Morgan fingerprint density at radius 2 is 1.79 bits per heavy atom. The van der Waals surface area contributed by atoms with Crippen molar-refractivity contribution >= 4 is 11.3 Å². The Labute approximate surface area is 164 Å². The minimum atomic E-state index is -0.104. The van der Waals surface area contributed by atoms with Gasteiger partial charge in [0.05, 0.1) is 11.4 Å². The maximum absolute atomic E-state index is 11.4. The highest BCUT2D eigenvalue weighted by Gasteiger charge is 2.13. The number of pyridine rings is 2. The van der Waals surface area contributed by atoms with Crippen molar-refractivity contribution < 1.29 is 0 Å². The van der Waals surface area contributed by atoms with Gasteiger partial charge in [-0.15, -0.1) is 0 Å². The molecule has 0 spiro atoms. The zero-order valence-electron chi connectivity index (χ0n) is 16.6. The van der Waals surface area contributed by atoms with Crippen LogP contribution in [-0.4, -0.2) is 14.4 Å². The van der Waals surface area contributed by atoms with Crippen molar-refractivity contribution in [2.24, 2.45) is 0 Å². The van der Waals surface area contributed by atoms with Gasteiger partial charge in [-0.25, -0.2) is 4.98 Å². The normalized spacial score (nSPS) is 11.1. The van der Waals surface area contributed by atoms with Gasteiger partial charge in [-0.05, 0) is 62.1 Å². The molecule has 2 N–H and O–H groups in total. The second-order valence-electron chi connectivity index (χ2n) is 7.28. The predicted octanol–water partition coefficient (Wildman–Crippen LogP) is 4.54. The van der Waals surface area contributed by atoms with Gasteiger partial charge < -0.3 is 14.7 Å². The lowest BCUT2D eigenvalue weighted by atomic mass is 10.0. The lowest BCUT2D eigenvalue weighted by molar-refractivity contribution is 1.07. The maximum atomic E-state index is 11.4. The Morgan fingerprint density at radius 3 is 2.46 bits per heavy atom. The number of anilines is 1. The Hall–Kier alpha value is -3.34. The molecule has 0 unspecified atom stereocenters. The Bertz CT molecular complexity index is 1190. The summed E-state index contributed by atoms with van der Waals surface area (Å²) in [6, 6.07) is 11.9. The van der Waals surface area contributed by atoms with Crippen molar-refractivity contribution in [2.75, 3.05) is 5.32 Å². The molecule has 142 valence electrons. The van der Waals surface area contributed by atoms with E-state index in [4.69, 9.17) is 4.98 Å². The third-order valence-corrected chi connectivity index (χ3v) is 5.41. The molecule has 0 aliphatic heterocycles. The van der Waals surface area contributed by atoms with Gasteiger partial charge in [0.1, 0.15) is 0 Å². The third-order valence-electron chi connectivity index (χ3n) is 5.41. The van der Waals surface area contributed by atoms with Gasteiger partial charge in [0.2, 0.25) is 5.56 Å². The number of hydrogen-bond acceptors (Lipinski definition) is 3. The molecule has 0 aliphatic carbocycles. The molecule has 4 aromatic rings. The number of fused-ring (bicyclic) bond motifs is 1. The number of nitrogens with zero attached hydrogens (tertiary/aromatic N) is 2. The second-order valence-corrected chi connectivity index (χ2v) is 7.28. The fourth-order valence-corrected chi connectivity index (χ4v) is 3.56. The fourth-order valence-electron chi connectivity index (χ4n) is 3.56. The maximum Gasteiger partial charge on any atom is 0.247 e. The molecule has 4 rings (SSSR count). The summed E-state index contributed by atoms with van der Waals surface area (Å²) in [5, 5.41) is 3.59. The highest BCUT2D eigenvalue weighted by molar-refractivity contribution is 5.77. The van der Waals surface area contributed by atoms with Gasteiger partial charge in [0.15, 0.2) is 5.65 Å². The highest BCUT2D eigenvalue weighted by atomic mass is 16.1. The number of H-pyrrole nitrogens is 1. The Kier molecular flexibility index (Phi) is 4.51. The van der Waals surface area contributed by atoms with Gasteiger partial charge in [-0.2, -0.15) is 0 Å². The molecule has 3 aromatic heterocycles. The first-order valence-electron chi connectivity index (χ1n) is 9.41. The van der Waals surface area contributed by atoms with E-state index in [1.54, 1.807) is 12.3 Å². The summed E-state index contributed by atoms with van der Waals surface area (Å²) in [5.74, 6) is 0. The SMILES string of the molecule is Cc1cccc(C)c1CNc1cc(-c2ccc(=O)[nH]c2)cn2c(C)c(C)nc12. The number of rotatable bonds is 4. The number of aryl methyl sites for hydroxylation is 4. The number of aromatic amines is 1. The van der Waals surface area contributed by atoms with Crippen LogP contribution in [0.1, 0.15) is 28.1 Å². The molecule has 0 fully saturated rings. The van der Waals surface area contributed by atoms with E-state index in [0.29, 0.717) is 0 Å². The second kappa shape index (κ2) is 7.00. The highest BCUT2D eigenvalue weighted by Crippen LogP contribution is 2.28. The van der Waals surface area contributed by atoms with E-state index in [1.165, 1.54) is 16.7 Å². The monoisotopic (exact) mass is 372 g/mol. The molecule has 0 atom stereocenters. The van der Waals surface area contributed by atoms with Crippen LogP contribution in [0.4, 0.5) is 5.69 Å². The number of benzene rings is 1. The number of hydrogen-bond donors (Lipinski definition) is 2. The van der Waals surface area contributed by atoms with Crippen LogP contribution in [0.2, 0.25) is 0 Å². The van der Waals surface area contributed by atoms with Crippen molar-refractivity contribution in [3.63, 3.8) is 0 Å².